The van der Waals surface area contributed by atoms with E-state index >= 15 is 0 Å². The summed E-state index contributed by atoms with van der Waals surface area (Å²) in [6.45, 7) is 0.290. The van der Waals surface area contributed by atoms with Crippen molar-refractivity contribution < 1.29 is 38.5 Å². The number of carbonyl (C=O) groups excluding carboxylic acids is 3. The molecule has 0 bridgehead atoms. The Morgan fingerprint density at radius 1 is 0.833 bits per heavy atom. The molecule has 0 radical (unpaired) electrons. The molecule has 2 unspecified atom stereocenters. The van der Waals surface area contributed by atoms with Gasteiger partial charge < -0.3 is 34.9 Å². The van der Waals surface area contributed by atoms with E-state index in [0.29, 0.717) is 66.5 Å². The van der Waals surface area contributed by atoms with Crippen LogP contribution >= 0.6 is 23.2 Å². The molecule has 0 saturated heterocycles. The summed E-state index contributed by atoms with van der Waals surface area (Å²) in [4.78, 5) is 59.5. The lowest BCUT2D eigenvalue weighted by Crippen LogP contribution is -2.56. The molecule has 3 atom stereocenters. The summed E-state index contributed by atoms with van der Waals surface area (Å²) in [5, 5.41) is 16.7. The van der Waals surface area contributed by atoms with Gasteiger partial charge in [-0.1, -0.05) is 71.7 Å². The number of fused-ring (bicyclic) bond motifs is 2. The van der Waals surface area contributed by atoms with Crippen LogP contribution in [-0.4, -0.2) is 50.8 Å². The zero-order chi connectivity index (χ0) is 41.8. The van der Waals surface area contributed by atoms with Crippen LogP contribution in [0.4, 0.5) is 5.69 Å². The van der Waals surface area contributed by atoms with Crippen LogP contribution in [0.5, 0.6) is 23.0 Å². The van der Waals surface area contributed by atoms with Gasteiger partial charge in [0.25, 0.3) is 11.8 Å². The molecule has 8 rings (SSSR count). The van der Waals surface area contributed by atoms with Crippen LogP contribution in [0.3, 0.4) is 0 Å². The average Bonchev–Trinajstić information content (AvgIpc) is 3.26. The topological polar surface area (TPSA) is 156 Å². The highest BCUT2D eigenvalue weighted by molar-refractivity contribution is 6.42. The number of rotatable bonds is 12. The lowest BCUT2D eigenvalue weighted by atomic mass is 9.91. The molecule has 0 fully saturated rings. The van der Waals surface area contributed by atoms with Gasteiger partial charge in [0, 0.05) is 42.9 Å². The second-order valence-corrected chi connectivity index (χ2v) is 15.1. The number of ether oxygens (including phenoxy) is 3. The van der Waals surface area contributed by atoms with Gasteiger partial charge in [0.05, 0.1) is 15.7 Å². The smallest absolute Gasteiger partial charge is 0.326 e. The third kappa shape index (κ3) is 9.05. The largest absolute Gasteiger partial charge is 0.489 e. The van der Waals surface area contributed by atoms with E-state index in [0.717, 1.165) is 5.56 Å². The van der Waals surface area contributed by atoms with Crippen molar-refractivity contribution in [1.29, 1.82) is 0 Å². The Labute approximate surface area is 354 Å². The number of carboxylic acid groups (broad SMARTS) is 1. The maximum absolute atomic E-state index is 14.1. The van der Waals surface area contributed by atoms with Crippen LogP contribution < -0.4 is 24.8 Å². The number of carbonyl (C=O) groups is 4. The third-order valence-electron chi connectivity index (χ3n) is 10.2. The summed E-state index contributed by atoms with van der Waals surface area (Å²) in [5.41, 5.74) is 4.29. The molecule has 0 saturated carbocycles. The quantitative estimate of drug-likeness (QED) is 0.111. The number of benzene rings is 5. The van der Waals surface area contributed by atoms with Crippen molar-refractivity contribution in [2.75, 3.05) is 5.32 Å². The Morgan fingerprint density at radius 2 is 1.53 bits per heavy atom. The highest BCUT2D eigenvalue weighted by Gasteiger charge is 2.39. The van der Waals surface area contributed by atoms with Crippen molar-refractivity contribution >= 4 is 52.6 Å². The second-order valence-electron chi connectivity index (χ2n) is 14.3. The number of hydrogen-bond acceptors (Lipinski definition) is 8. The molecule has 0 aliphatic carbocycles. The first-order valence-corrected chi connectivity index (χ1v) is 19.7. The second kappa shape index (κ2) is 17.5. The van der Waals surface area contributed by atoms with E-state index in [9.17, 15) is 24.3 Å². The fraction of sp³-hybridized carbons (Fsp3) is 0.152. The number of aromatic nitrogens is 1. The van der Waals surface area contributed by atoms with Gasteiger partial charge in [-0.25, -0.2) is 4.79 Å². The molecule has 5 aromatic carbocycles. The number of carboxylic acids is 1. The van der Waals surface area contributed by atoms with Crippen LogP contribution in [0.2, 0.25) is 10.0 Å². The van der Waals surface area contributed by atoms with Crippen molar-refractivity contribution in [2.24, 2.45) is 0 Å². The molecule has 0 spiro atoms. The molecule has 12 nitrogen and oxygen atoms in total. The Bertz CT molecular complexity index is 2560. The van der Waals surface area contributed by atoms with Gasteiger partial charge >= 0.3 is 5.97 Å². The molecule has 1 aromatic heterocycles. The maximum atomic E-state index is 14.1. The molecule has 2 aliphatic rings. The summed E-state index contributed by atoms with van der Waals surface area (Å²) in [6, 6.07) is 32.3. The standard InChI is InChI=1S/C46H36Cl2N4O8/c47-36-15-8-28(20-37(36)48)26-58-33-13-9-29(10-14-33)42-44(54)50-38-22-31-23-40(52(25-32(31)24-41(38)60-42)45(55)30-4-2-1-3-5-30)43(53)51-39(46(56)57)21-27-6-11-34(12-7-27)59-35-16-18-49-19-17-35/h1-20,22,24,39-40,42H,21,23,25-26H2,(H,50,54)(H,51,53)(H,56,57)/t39-,40?,42?/m0/s1. The molecule has 14 heteroatoms. The van der Waals surface area contributed by atoms with Crippen LogP contribution in [0.15, 0.2) is 134 Å². The van der Waals surface area contributed by atoms with E-state index in [1.54, 1.807) is 128 Å². The molecule has 3 amide bonds. The summed E-state index contributed by atoms with van der Waals surface area (Å²) in [7, 11) is 0. The summed E-state index contributed by atoms with van der Waals surface area (Å²) in [6.07, 6.45) is 2.30. The van der Waals surface area contributed by atoms with E-state index in [-0.39, 0.29) is 31.9 Å². The van der Waals surface area contributed by atoms with Crippen LogP contribution in [-0.2, 0) is 40.4 Å². The monoisotopic (exact) mass is 842 g/mol. The van der Waals surface area contributed by atoms with Crippen LogP contribution in [0, 0.1) is 0 Å². The number of nitrogens with one attached hydrogen (secondary N) is 2. The predicted molar refractivity (Wildman–Crippen MR) is 224 cm³/mol. The van der Waals surface area contributed by atoms with Crippen molar-refractivity contribution in [3.05, 3.63) is 177 Å². The van der Waals surface area contributed by atoms with Gasteiger partial charge in [-0.3, -0.25) is 19.4 Å². The Morgan fingerprint density at radius 3 is 2.25 bits per heavy atom. The highest BCUT2D eigenvalue weighted by atomic mass is 35.5. The van der Waals surface area contributed by atoms with E-state index in [4.69, 9.17) is 37.4 Å². The average molecular weight is 844 g/mol. The van der Waals surface area contributed by atoms with E-state index in [1.807, 2.05) is 6.07 Å². The Kier molecular flexibility index (Phi) is 11.7. The van der Waals surface area contributed by atoms with Crippen LogP contribution in [0.1, 0.15) is 44.3 Å². The first-order valence-electron chi connectivity index (χ1n) is 18.9. The van der Waals surface area contributed by atoms with Crippen molar-refractivity contribution in [3.63, 3.8) is 0 Å². The fourth-order valence-corrected chi connectivity index (χ4v) is 7.40. The maximum Gasteiger partial charge on any atom is 0.326 e. The number of amides is 3. The number of halogens is 2. The van der Waals surface area contributed by atoms with Crippen molar-refractivity contribution in [2.45, 2.75) is 44.2 Å². The number of aliphatic carboxylic acids is 1. The lowest BCUT2D eigenvalue weighted by Gasteiger charge is -2.37. The van der Waals surface area contributed by atoms with Gasteiger partial charge in [0.1, 0.15) is 41.7 Å². The van der Waals surface area contributed by atoms with E-state index in [1.165, 1.54) is 4.90 Å². The molecule has 6 aromatic rings. The SMILES string of the molecule is O=C1Nc2cc3c(cc2OC1c1ccc(OCc2ccc(Cl)c(Cl)c2)cc1)CN(C(=O)c1ccccc1)C(C(=O)N[C@@H](Cc1ccc(Oc2ccncc2)cc1)C(=O)O)C3. The van der Waals surface area contributed by atoms with E-state index in [2.05, 4.69) is 15.6 Å². The normalized spacial score (nSPS) is 16.0. The molecule has 3 N–H and O–H groups in total. The van der Waals surface area contributed by atoms with E-state index < -0.39 is 36.0 Å². The summed E-state index contributed by atoms with van der Waals surface area (Å²) < 4.78 is 18.0. The zero-order valence-corrected chi connectivity index (χ0v) is 33.2. The first kappa shape index (κ1) is 39.9. The zero-order valence-electron chi connectivity index (χ0n) is 31.7. The molecule has 302 valence electrons. The Hall–Kier alpha value is -6.89. The van der Waals surface area contributed by atoms with Gasteiger partial charge in [-0.05, 0) is 95.1 Å². The van der Waals surface area contributed by atoms with Crippen molar-refractivity contribution in [1.82, 2.24) is 15.2 Å². The number of anilines is 1. The predicted octanol–water partition coefficient (Wildman–Crippen LogP) is 8.21. The van der Waals surface area contributed by atoms with Gasteiger partial charge in [0.15, 0.2) is 0 Å². The fourth-order valence-electron chi connectivity index (χ4n) is 7.08. The lowest BCUT2D eigenvalue weighted by molar-refractivity contribution is -0.142. The number of nitrogens with zero attached hydrogens (tertiary/aromatic N) is 2. The number of pyridine rings is 1. The summed E-state index contributed by atoms with van der Waals surface area (Å²) in [5.74, 6) is -0.519. The minimum atomic E-state index is -1.30. The van der Waals surface area contributed by atoms with Gasteiger partial charge in [-0.2, -0.15) is 0 Å². The molecule has 2 aliphatic heterocycles. The molecular weight excluding hydrogens is 807 g/mol. The number of hydrogen-bond donors (Lipinski definition) is 3. The molecular formula is C46H36Cl2N4O8. The Balaban J connectivity index is 0.985. The molecule has 3 heterocycles. The van der Waals surface area contributed by atoms with Gasteiger partial charge in [0.2, 0.25) is 12.0 Å². The highest BCUT2D eigenvalue weighted by Crippen LogP contribution is 2.40. The minimum Gasteiger partial charge on any atom is -0.489 e. The molecule has 60 heavy (non-hydrogen) atoms. The summed E-state index contributed by atoms with van der Waals surface area (Å²) >= 11 is 12.2. The van der Waals surface area contributed by atoms with Crippen LogP contribution in [0.25, 0.3) is 0 Å². The van der Waals surface area contributed by atoms with Crippen molar-refractivity contribution in [3.8, 4) is 23.0 Å². The van der Waals surface area contributed by atoms with Gasteiger partial charge in [-0.15, -0.1) is 0 Å². The minimum absolute atomic E-state index is 0.0148. The first-order chi connectivity index (χ1) is 29.1. The third-order valence-corrected chi connectivity index (χ3v) is 10.9.